The number of hydrogen-bond acceptors (Lipinski definition) is 5. The molecule has 1 N–H and O–H groups in total. The molecule has 1 amide bonds. The molecule has 0 unspecified atom stereocenters. The first kappa shape index (κ1) is 23.2. The number of nitrogens with one attached hydrogen (secondary N) is 1. The Morgan fingerprint density at radius 3 is 2.45 bits per heavy atom. The third kappa shape index (κ3) is 4.88. The van der Waals surface area contributed by atoms with E-state index in [1.165, 1.54) is 10.4 Å². The molecular formula is C25H28N2O5S. The van der Waals surface area contributed by atoms with Gasteiger partial charge in [0.1, 0.15) is 5.75 Å². The van der Waals surface area contributed by atoms with Crippen LogP contribution < -0.4 is 10.1 Å². The van der Waals surface area contributed by atoms with Gasteiger partial charge in [-0.3, -0.25) is 4.79 Å². The molecule has 4 rings (SSSR count). The number of nitrogens with zero attached hydrogens (tertiary/aromatic N) is 1. The fraction of sp³-hybridized carbons (Fsp3) is 0.320. The minimum absolute atomic E-state index is 0.203. The van der Waals surface area contributed by atoms with Crippen LogP contribution in [0.3, 0.4) is 0 Å². The van der Waals surface area contributed by atoms with Crippen LogP contribution in [0.4, 0.5) is 5.69 Å². The molecule has 3 aromatic carbocycles. The van der Waals surface area contributed by atoms with Crippen LogP contribution in [0.2, 0.25) is 0 Å². The van der Waals surface area contributed by atoms with Crippen LogP contribution in [-0.4, -0.2) is 52.0 Å². The summed E-state index contributed by atoms with van der Waals surface area (Å²) >= 11 is 0. The van der Waals surface area contributed by atoms with Crippen molar-refractivity contribution in [2.45, 2.75) is 24.7 Å². The fourth-order valence-electron chi connectivity index (χ4n) is 3.92. The van der Waals surface area contributed by atoms with Gasteiger partial charge < -0.3 is 14.8 Å². The van der Waals surface area contributed by atoms with Gasteiger partial charge in [-0.1, -0.05) is 30.3 Å². The van der Waals surface area contributed by atoms with E-state index in [1.807, 2.05) is 43.3 Å². The average Bonchev–Trinajstić information content (AvgIpc) is 2.84. The van der Waals surface area contributed by atoms with Gasteiger partial charge in [0.15, 0.2) is 0 Å². The molecule has 0 saturated carbocycles. The average molecular weight is 469 g/mol. The van der Waals surface area contributed by atoms with E-state index in [1.54, 1.807) is 26.2 Å². The number of rotatable bonds is 6. The lowest BCUT2D eigenvalue weighted by Crippen LogP contribution is -2.40. The molecule has 0 aromatic heterocycles. The van der Waals surface area contributed by atoms with E-state index < -0.39 is 15.9 Å². The standard InChI is InChI=1S/C25H28N2O5S/c1-17-4-8-22(16-24(17)33(29,30)27-10-12-32-13-11-27)26-25(28)18(2)19-5-6-21-15-23(31-3)9-7-20(21)14-19/h4-9,14-16,18H,10-13H2,1-3H3,(H,26,28)/t18-/m1/s1. The van der Waals surface area contributed by atoms with Gasteiger partial charge in [0.05, 0.1) is 31.1 Å². The predicted octanol–water partition coefficient (Wildman–Crippen LogP) is 3.92. The van der Waals surface area contributed by atoms with Crippen LogP contribution >= 0.6 is 0 Å². The number of carbonyl (C=O) groups excluding carboxylic acids is 1. The van der Waals surface area contributed by atoms with Gasteiger partial charge in [-0.15, -0.1) is 0 Å². The summed E-state index contributed by atoms with van der Waals surface area (Å²) in [5.74, 6) is 0.154. The van der Waals surface area contributed by atoms with Crippen molar-refractivity contribution in [3.63, 3.8) is 0 Å². The van der Waals surface area contributed by atoms with Crippen molar-refractivity contribution in [1.82, 2.24) is 4.31 Å². The van der Waals surface area contributed by atoms with Crippen LogP contribution in [0.5, 0.6) is 5.75 Å². The number of aryl methyl sites for hydroxylation is 1. The molecule has 8 heteroatoms. The van der Waals surface area contributed by atoms with E-state index in [4.69, 9.17) is 9.47 Å². The number of methoxy groups -OCH3 is 1. The molecule has 1 atom stereocenters. The van der Waals surface area contributed by atoms with Gasteiger partial charge in [-0.2, -0.15) is 4.31 Å². The van der Waals surface area contributed by atoms with E-state index >= 15 is 0 Å². The molecule has 33 heavy (non-hydrogen) atoms. The maximum Gasteiger partial charge on any atom is 0.243 e. The Labute approximate surface area is 194 Å². The summed E-state index contributed by atoms with van der Waals surface area (Å²) in [5.41, 5.74) is 1.96. The first-order valence-corrected chi connectivity index (χ1v) is 12.3. The number of benzene rings is 3. The Balaban J connectivity index is 1.54. The number of morpholine rings is 1. The molecule has 1 heterocycles. The van der Waals surface area contributed by atoms with Gasteiger partial charge >= 0.3 is 0 Å². The Morgan fingerprint density at radius 1 is 1.03 bits per heavy atom. The van der Waals surface area contributed by atoms with Crippen molar-refractivity contribution in [2.75, 3.05) is 38.7 Å². The number of fused-ring (bicyclic) bond motifs is 1. The molecule has 0 radical (unpaired) electrons. The zero-order chi connectivity index (χ0) is 23.6. The number of amides is 1. The van der Waals surface area contributed by atoms with E-state index in [0.29, 0.717) is 37.6 Å². The second-order valence-electron chi connectivity index (χ2n) is 8.18. The Hall–Kier alpha value is -2.94. The smallest absolute Gasteiger partial charge is 0.243 e. The number of anilines is 1. The lowest BCUT2D eigenvalue weighted by atomic mass is 9.97. The van der Waals surface area contributed by atoms with E-state index in [2.05, 4.69) is 5.32 Å². The van der Waals surface area contributed by atoms with Gasteiger partial charge in [-0.05, 0) is 60.0 Å². The Morgan fingerprint density at radius 2 is 1.73 bits per heavy atom. The van der Waals surface area contributed by atoms with E-state index in [-0.39, 0.29) is 10.8 Å². The topological polar surface area (TPSA) is 84.9 Å². The van der Waals surface area contributed by atoms with Crippen molar-refractivity contribution in [3.05, 3.63) is 65.7 Å². The summed E-state index contributed by atoms with van der Waals surface area (Å²) in [6, 6.07) is 16.7. The molecule has 1 aliphatic rings. The number of sulfonamides is 1. The highest BCUT2D eigenvalue weighted by Crippen LogP contribution is 2.28. The second-order valence-corrected chi connectivity index (χ2v) is 10.1. The Bertz CT molecular complexity index is 1280. The highest BCUT2D eigenvalue weighted by atomic mass is 32.2. The van der Waals surface area contributed by atoms with Crippen LogP contribution in [0.1, 0.15) is 24.0 Å². The van der Waals surface area contributed by atoms with E-state index in [0.717, 1.165) is 22.1 Å². The van der Waals surface area contributed by atoms with Crippen LogP contribution in [0.25, 0.3) is 10.8 Å². The summed E-state index contributed by atoms with van der Waals surface area (Å²) in [6.07, 6.45) is 0. The second kappa shape index (κ2) is 9.51. The van der Waals surface area contributed by atoms with Crippen LogP contribution in [0, 0.1) is 6.92 Å². The number of hydrogen-bond donors (Lipinski definition) is 1. The monoisotopic (exact) mass is 468 g/mol. The quantitative estimate of drug-likeness (QED) is 0.593. The van der Waals surface area contributed by atoms with Crippen LogP contribution in [0.15, 0.2) is 59.5 Å². The third-order valence-electron chi connectivity index (χ3n) is 6.01. The van der Waals surface area contributed by atoms with Gasteiger partial charge in [0.2, 0.25) is 15.9 Å². The molecule has 1 saturated heterocycles. The maximum absolute atomic E-state index is 13.1. The molecular weight excluding hydrogens is 440 g/mol. The SMILES string of the molecule is COc1ccc2cc([C@@H](C)C(=O)Nc3ccc(C)c(S(=O)(=O)N4CCOCC4)c3)ccc2c1. The molecule has 0 spiro atoms. The summed E-state index contributed by atoms with van der Waals surface area (Å²) in [7, 11) is -2.03. The van der Waals surface area contributed by atoms with E-state index in [9.17, 15) is 13.2 Å². The molecule has 0 bridgehead atoms. The predicted molar refractivity (Wildman–Crippen MR) is 128 cm³/mol. The van der Waals surface area contributed by atoms with Crippen LogP contribution in [-0.2, 0) is 19.6 Å². The van der Waals surface area contributed by atoms with Crippen molar-refractivity contribution in [3.8, 4) is 5.75 Å². The number of ether oxygens (including phenoxy) is 2. The minimum Gasteiger partial charge on any atom is -0.497 e. The number of carbonyl (C=O) groups is 1. The molecule has 3 aromatic rings. The summed E-state index contributed by atoms with van der Waals surface area (Å²) in [6.45, 7) is 4.99. The van der Waals surface area contributed by atoms with Crippen molar-refractivity contribution in [2.24, 2.45) is 0 Å². The van der Waals surface area contributed by atoms with Gasteiger partial charge in [-0.25, -0.2) is 8.42 Å². The zero-order valence-electron chi connectivity index (χ0n) is 19.0. The van der Waals surface area contributed by atoms with Gasteiger partial charge in [0, 0.05) is 18.8 Å². The molecule has 174 valence electrons. The zero-order valence-corrected chi connectivity index (χ0v) is 19.8. The lowest BCUT2D eigenvalue weighted by molar-refractivity contribution is -0.117. The van der Waals surface area contributed by atoms with Crippen molar-refractivity contribution < 1.29 is 22.7 Å². The van der Waals surface area contributed by atoms with Crippen molar-refractivity contribution >= 4 is 32.4 Å². The first-order valence-electron chi connectivity index (χ1n) is 10.9. The highest BCUT2D eigenvalue weighted by Gasteiger charge is 2.28. The minimum atomic E-state index is -3.66. The molecule has 1 aliphatic heterocycles. The van der Waals surface area contributed by atoms with Gasteiger partial charge in [0.25, 0.3) is 0 Å². The fourth-order valence-corrected chi connectivity index (χ4v) is 5.58. The molecule has 7 nitrogen and oxygen atoms in total. The summed E-state index contributed by atoms with van der Waals surface area (Å²) in [5, 5.41) is 4.93. The summed E-state index contributed by atoms with van der Waals surface area (Å²) < 4.78 is 38.2. The first-order chi connectivity index (χ1) is 15.8. The summed E-state index contributed by atoms with van der Waals surface area (Å²) in [4.78, 5) is 13.2. The molecule has 1 fully saturated rings. The highest BCUT2D eigenvalue weighted by molar-refractivity contribution is 7.89. The van der Waals surface area contributed by atoms with Crippen molar-refractivity contribution in [1.29, 1.82) is 0 Å². The maximum atomic E-state index is 13.1. The lowest BCUT2D eigenvalue weighted by Gasteiger charge is -2.27. The third-order valence-corrected chi connectivity index (χ3v) is 8.05. The largest absolute Gasteiger partial charge is 0.497 e. The molecule has 0 aliphatic carbocycles. The normalized spacial score (nSPS) is 15.8. The Kier molecular flexibility index (Phi) is 6.69.